The monoisotopic (exact) mass is 226 g/mol. The molecule has 84 valence electrons. The highest BCUT2D eigenvalue weighted by Crippen LogP contribution is 2.16. The minimum Gasteiger partial charge on any atom is -0.332 e. The summed E-state index contributed by atoms with van der Waals surface area (Å²) in [4.78, 5) is 16.7. The molecule has 6 heteroatoms. The first-order chi connectivity index (χ1) is 8.33. The van der Waals surface area contributed by atoms with Gasteiger partial charge in [0.1, 0.15) is 11.6 Å². The van der Waals surface area contributed by atoms with Gasteiger partial charge < -0.3 is 9.88 Å². The number of anilines is 2. The summed E-state index contributed by atoms with van der Waals surface area (Å²) in [5.74, 6) is 1.37. The quantitative estimate of drug-likeness (QED) is 0.717. The molecule has 3 heterocycles. The van der Waals surface area contributed by atoms with Crippen LogP contribution in [0.1, 0.15) is 0 Å². The number of aryl methyl sites for hydroxylation is 1. The molecule has 0 atom stereocenters. The summed E-state index contributed by atoms with van der Waals surface area (Å²) in [7, 11) is 1.94. The van der Waals surface area contributed by atoms with Gasteiger partial charge in [0.15, 0.2) is 0 Å². The highest BCUT2D eigenvalue weighted by Gasteiger charge is 2.02. The van der Waals surface area contributed by atoms with E-state index < -0.39 is 0 Å². The molecule has 0 amide bonds. The van der Waals surface area contributed by atoms with Gasteiger partial charge in [-0.15, -0.1) is 0 Å². The fraction of sp³-hybridized carbons (Fsp3) is 0.0909. The van der Waals surface area contributed by atoms with Gasteiger partial charge >= 0.3 is 0 Å². The molecule has 0 aliphatic heterocycles. The predicted molar refractivity (Wildman–Crippen MR) is 63.8 cm³/mol. The molecule has 0 unspecified atom stereocenters. The Balaban J connectivity index is 1.96. The predicted octanol–water partition coefficient (Wildman–Crippen LogP) is 1.50. The van der Waals surface area contributed by atoms with Crippen LogP contribution in [-0.2, 0) is 7.05 Å². The van der Waals surface area contributed by atoms with Crippen molar-refractivity contribution in [2.24, 2.45) is 7.05 Å². The SMILES string of the molecule is Cn1cnc2cc(Nc3cnccn3)ncc21. The highest BCUT2D eigenvalue weighted by molar-refractivity contribution is 5.77. The van der Waals surface area contributed by atoms with Crippen LogP contribution in [0, 0.1) is 0 Å². The average Bonchev–Trinajstić information content (AvgIpc) is 2.72. The molecule has 0 aromatic carbocycles. The molecule has 0 radical (unpaired) electrons. The van der Waals surface area contributed by atoms with Crippen LogP contribution >= 0.6 is 0 Å². The average molecular weight is 226 g/mol. The maximum atomic E-state index is 4.30. The Morgan fingerprint density at radius 3 is 2.82 bits per heavy atom. The number of imidazole rings is 1. The Morgan fingerprint density at radius 2 is 2.00 bits per heavy atom. The molecule has 3 rings (SSSR count). The van der Waals surface area contributed by atoms with E-state index in [0.717, 1.165) is 11.0 Å². The molecule has 1 N–H and O–H groups in total. The number of hydrogen-bond donors (Lipinski definition) is 1. The van der Waals surface area contributed by atoms with E-state index in [1.54, 1.807) is 31.1 Å². The van der Waals surface area contributed by atoms with Gasteiger partial charge in [-0.3, -0.25) is 4.98 Å². The van der Waals surface area contributed by atoms with Crippen molar-refractivity contribution in [1.82, 2.24) is 24.5 Å². The van der Waals surface area contributed by atoms with Crippen LogP contribution in [0.3, 0.4) is 0 Å². The Hall–Kier alpha value is -2.50. The van der Waals surface area contributed by atoms with Crippen LogP contribution in [-0.4, -0.2) is 24.5 Å². The van der Waals surface area contributed by atoms with E-state index in [1.165, 1.54) is 0 Å². The minimum atomic E-state index is 0.662. The second-order valence-corrected chi connectivity index (χ2v) is 3.63. The summed E-state index contributed by atoms with van der Waals surface area (Å²) in [5, 5.41) is 3.07. The molecular formula is C11H10N6. The third-order valence-electron chi connectivity index (χ3n) is 2.43. The van der Waals surface area contributed by atoms with Crippen LogP contribution in [0.25, 0.3) is 11.0 Å². The molecule has 0 spiro atoms. The van der Waals surface area contributed by atoms with Crippen molar-refractivity contribution in [3.05, 3.63) is 37.2 Å². The van der Waals surface area contributed by atoms with Gasteiger partial charge in [0, 0.05) is 25.5 Å². The zero-order valence-electron chi connectivity index (χ0n) is 9.20. The molecule has 0 fully saturated rings. The Morgan fingerprint density at radius 1 is 1.06 bits per heavy atom. The van der Waals surface area contributed by atoms with E-state index in [4.69, 9.17) is 0 Å². The Bertz CT molecular complexity index is 645. The van der Waals surface area contributed by atoms with Crippen LogP contribution in [0.15, 0.2) is 37.2 Å². The van der Waals surface area contributed by atoms with Gasteiger partial charge in [0.05, 0.1) is 29.8 Å². The standard InChI is InChI=1S/C11H10N6/c1-17-7-15-8-4-10(14-5-9(8)17)16-11-6-12-2-3-13-11/h2-7H,1H3,(H,13,14,16). The minimum absolute atomic E-state index is 0.662. The maximum Gasteiger partial charge on any atom is 0.150 e. The Kier molecular flexibility index (Phi) is 2.18. The van der Waals surface area contributed by atoms with Gasteiger partial charge in [-0.2, -0.15) is 0 Å². The lowest BCUT2D eigenvalue weighted by Gasteiger charge is -2.03. The number of hydrogen-bond acceptors (Lipinski definition) is 5. The topological polar surface area (TPSA) is 68.5 Å². The van der Waals surface area contributed by atoms with Gasteiger partial charge in [-0.05, 0) is 0 Å². The molecule has 0 saturated heterocycles. The second-order valence-electron chi connectivity index (χ2n) is 3.63. The second kappa shape index (κ2) is 3.82. The molecule has 0 bridgehead atoms. The molecule has 3 aromatic rings. The van der Waals surface area contributed by atoms with Gasteiger partial charge in [-0.1, -0.05) is 0 Å². The van der Waals surface area contributed by atoms with Crippen molar-refractivity contribution < 1.29 is 0 Å². The molecule has 0 saturated carbocycles. The number of nitrogens with one attached hydrogen (secondary N) is 1. The summed E-state index contributed by atoms with van der Waals surface area (Å²) in [6, 6.07) is 1.88. The number of nitrogens with zero attached hydrogens (tertiary/aromatic N) is 5. The molecule has 6 nitrogen and oxygen atoms in total. The molecule has 0 aliphatic carbocycles. The van der Waals surface area contributed by atoms with E-state index in [0.29, 0.717) is 11.6 Å². The summed E-state index contributed by atoms with van der Waals surface area (Å²) in [6.07, 6.45) is 8.44. The summed E-state index contributed by atoms with van der Waals surface area (Å²) >= 11 is 0. The lowest BCUT2D eigenvalue weighted by Crippen LogP contribution is -1.96. The smallest absolute Gasteiger partial charge is 0.150 e. The normalized spacial score (nSPS) is 10.6. The largest absolute Gasteiger partial charge is 0.332 e. The van der Waals surface area contributed by atoms with E-state index in [9.17, 15) is 0 Å². The van der Waals surface area contributed by atoms with Crippen molar-refractivity contribution in [1.29, 1.82) is 0 Å². The van der Waals surface area contributed by atoms with Crippen molar-refractivity contribution in [3.63, 3.8) is 0 Å². The summed E-state index contributed by atoms with van der Waals surface area (Å²) in [5.41, 5.74) is 1.89. The summed E-state index contributed by atoms with van der Waals surface area (Å²) in [6.45, 7) is 0. The van der Waals surface area contributed by atoms with E-state index in [2.05, 4.69) is 25.3 Å². The zero-order chi connectivity index (χ0) is 11.7. The van der Waals surface area contributed by atoms with E-state index in [1.807, 2.05) is 17.7 Å². The number of fused-ring (bicyclic) bond motifs is 1. The fourth-order valence-electron chi connectivity index (χ4n) is 1.59. The fourth-order valence-corrected chi connectivity index (χ4v) is 1.59. The van der Waals surface area contributed by atoms with Crippen molar-refractivity contribution in [3.8, 4) is 0 Å². The van der Waals surface area contributed by atoms with Crippen LogP contribution in [0.2, 0.25) is 0 Å². The van der Waals surface area contributed by atoms with Crippen LogP contribution < -0.4 is 5.32 Å². The van der Waals surface area contributed by atoms with E-state index >= 15 is 0 Å². The number of rotatable bonds is 2. The molecular weight excluding hydrogens is 216 g/mol. The maximum absolute atomic E-state index is 4.30. The highest BCUT2D eigenvalue weighted by atomic mass is 15.1. The van der Waals surface area contributed by atoms with Crippen LogP contribution in [0.5, 0.6) is 0 Å². The molecule has 0 aliphatic rings. The van der Waals surface area contributed by atoms with E-state index in [-0.39, 0.29) is 0 Å². The summed E-state index contributed by atoms with van der Waals surface area (Å²) < 4.78 is 1.93. The lowest BCUT2D eigenvalue weighted by molar-refractivity contribution is 0.945. The van der Waals surface area contributed by atoms with Gasteiger partial charge in [-0.25, -0.2) is 15.0 Å². The van der Waals surface area contributed by atoms with Crippen molar-refractivity contribution in [2.75, 3.05) is 5.32 Å². The van der Waals surface area contributed by atoms with Gasteiger partial charge in [0.2, 0.25) is 0 Å². The lowest BCUT2D eigenvalue weighted by atomic mass is 10.4. The molecule has 3 aromatic heterocycles. The third kappa shape index (κ3) is 1.80. The van der Waals surface area contributed by atoms with Crippen molar-refractivity contribution in [2.45, 2.75) is 0 Å². The van der Waals surface area contributed by atoms with Gasteiger partial charge in [0.25, 0.3) is 0 Å². The first-order valence-electron chi connectivity index (χ1n) is 5.13. The van der Waals surface area contributed by atoms with Crippen LogP contribution in [0.4, 0.5) is 11.6 Å². The Labute approximate surface area is 97.4 Å². The zero-order valence-corrected chi connectivity index (χ0v) is 9.20. The first-order valence-corrected chi connectivity index (χ1v) is 5.13. The first kappa shape index (κ1) is 9.71. The number of aromatic nitrogens is 5. The molecule has 17 heavy (non-hydrogen) atoms. The number of pyridine rings is 1. The third-order valence-corrected chi connectivity index (χ3v) is 2.43. The van der Waals surface area contributed by atoms with Crippen molar-refractivity contribution >= 4 is 22.7 Å².